The molecule has 18 heavy (non-hydrogen) atoms. The van der Waals surface area contributed by atoms with Gasteiger partial charge in [-0.25, -0.2) is 4.89 Å². The summed E-state index contributed by atoms with van der Waals surface area (Å²) >= 11 is 5.85. The molecule has 0 bridgehead atoms. The molecule has 94 valence electrons. The third kappa shape index (κ3) is 2.91. The second kappa shape index (κ2) is 5.53. The molecule has 0 aliphatic rings. The maximum Gasteiger partial charge on any atom is 0.129 e. The van der Waals surface area contributed by atoms with Gasteiger partial charge in [0, 0.05) is 11.4 Å². The Bertz CT molecular complexity index is 496. The van der Waals surface area contributed by atoms with Crippen LogP contribution in [0.5, 0.6) is 0 Å². The Hall–Kier alpha value is -1.35. The van der Waals surface area contributed by atoms with Crippen LogP contribution in [0.3, 0.4) is 0 Å². The summed E-state index contributed by atoms with van der Waals surface area (Å²) in [7, 11) is 0. The maximum atomic E-state index is 9.23. The minimum absolute atomic E-state index is 0.574. The van der Waals surface area contributed by atoms with Gasteiger partial charge in [0.05, 0.1) is 0 Å². The molecule has 0 saturated carbocycles. The Balaban J connectivity index is 2.26. The highest BCUT2D eigenvalue weighted by molar-refractivity contribution is 6.30. The summed E-state index contributed by atoms with van der Waals surface area (Å²) in [6.07, 6.45) is 0.574. The van der Waals surface area contributed by atoms with E-state index >= 15 is 0 Å². The van der Waals surface area contributed by atoms with Crippen molar-refractivity contribution in [2.24, 2.45) is 0 Å². The van der Waals surface area contributed by atoms with Gasteiger partial charge < -0.3 is 0 Å². The molecule has 0 amide bonds. The van der Waals surface area contributed by atoms with Crippen LogP contribution < -0.4 is 0 Å². The number of hydrogen-bond acceptors (Lipinski definition) is 2. The third-order valence-electron chi connectivity index (χ3n) is 3.04. The SMILES string of the molecule is CC(Cc1ccc(Cl)cc1)(OO)c1ccccc1. The van der Waals surface area contributed by atoms with Gasteiger partial charge in [0.2, 0.25) is 0 Å². The van der Waals surface area contributed by atoms with Gasteiger partial charge in [-0.1, -0.05) is 54.1 Å². The zero-order valence-electron chi connectivity index (χ0n) is 10.1. The largest absolute Gasteiger partial charge is 0.251 e. The van der Waals surface area contributed by atoms with Gasteiger partial charge in [0.25, 0.3) is 0 Å². The highest BCUT2D eigenvalue weighted by Gasteiger charge is 2.28. The Morgan fingerprint density at radius 2 is 1.67 bits per heavy atom. The molecule has 0 aliphatic heterocycles. The fourth-order valence-corrected chi connectivity index (χ4v) is 2.10. The molecule has 3 heteroatoms. The predicted octanol–water partition coefficient (Wildman–Crippen LogP) is 4.29. The first-order chi connectivity index (χ1) is 8.64. The van der Waals surface area contributed by atoms with Crippen LogP contribution >= 0.6 is 11.6 Å². The van der Waals surface area contributed by atoms with Gasteiger partial charge in [-0.2, -0.15) is 0 Å². The zero-order chi connectivity index (χ0) is 13.0. The van der Waals surface area contributed by atoms with Gasteiger partial charge in [0.15, 0.2) is 0 Å². The van der Waals surface area contributed by atoms with Crippen LogP contribution in [0, 0.1) is 0 Å². The number of rotatable bonds is 4. The van der Waals surface area contributed by atoms with E-state index < -0.39 is 5.60 Å². The van der Waals surface area contributed by atoms with Crippen LogP contribution in [0.1, 0.15) is 18.1 Å². The van der Waals surface area contributed by atoms with Crippen LogP contribution in [-0.4, -0.2) is 5.26 Å². The molecule has 0 aromatic heterocycles. The molecule has 1 N–H and O–H groups in total. The lowest BCUT2D eigenvalue weighted by Crippen LogP contribution is -2.27. The smallest absolute Gasteiger partial charge is 0.129 e. The average molecular weight is 263 g/mol. The molecule has 0 heterocycles. The Kier molecular flexibility index (Phi) is 4.02. The highest BCUT2D eigenvalue weighted by atomic mass is 35.5. The third-order valence-corrected chi connectivity index (χ3v) is 3.29. The number of benzene rings is 2. The van der Waals surface area contributed by atoms with Crippen molar-refractivity contribution in [1.29, 1.82) is 0 Å². The van der Waals surface area contributed by atoms with Crippen molar-refractivity contribution in [3.8, 4) is 0 Å². The number of halogens is 1. The molecule has 2 aromatic carbocycles. The highest BCUT2D eigenvalue weighted by Crippen LogP contribution is 2.29. The maximum absolute atomic E-state index is 9.23. The lowest BCUT2D eigenvalue weighted by atomic mass is 9.89. The van der Waals surface area contributed by atoms with E-state index in [0.29, 0.717) is 11.4 Å². The van der Waals surface area contributed by atoms with Gasteiger partial charge in [0.1, 0.15) is 5.60 Å². The molecule has 2 rings (SSSR count). The van der Waals surface area contributed by atoms with Crippen LogP contribution in [0.15, 0.2) is 54.6 Å². The van der Waals surface area contributed by atoms with Crippen molar-refractivity contribution in [2.45, 2.75) is 18.9 Å². The first kappa shape index (κ1) is 13.1. The van der Waals surface area contributed by atoms with E-state index in [0.717, 1.165) is 11.1 Å². The van der Waals surface area contributed by atoms with Gasteiger partial charge >= 0.3 is 0 Å². The molecule has 2 aromatic rings. The molecule has 0 aliphatic carbocycles. The average Bonchev–Trinajstić information content (AvgIpc) is 2.42. The number of hydrogen-bond donors (Lipinski definition) is 1. The van der Waals surface area contributed by atoms with E-state index in [9.17, 15) is 5.26 Å². The summed E-state index contributed by atoms with van der Waals surface area (Å²) in [5.74, 6) is 0. The monoisotopic (exact) mass is 262 g/mol. The Labute approximate surface area is 112 Å². The lowest BCUT2D eigenvalue weighted by molar-refractivity contribution is -0.323. The van der Waals surface area contributed by atoms with E-state index in [4.69, 9.17) is 16.5 Å². The van der Waals surface area contributed by atoms with Crippen molar-refractivity contribution >= 4 is 11.6 Å². The Morgan fingerprint density at radius 1 is 1.06 bits per heavy atom. The summed E-state index contributed by atoms with van der Waals surface area (Å²) in [4.78, 5) is 4.73. The van der Waals surface area contributed by atoms with E-state index in [2.05, 4.69) is 0 Å². The second-order valence-corrected chi connectivity index (χ2v) is 4.93. The summed E-state index contributed by atoms with van der Waals surface area (Å²) in [5.41, 5.74) is 1.23. The first-order valence-electron chi connectivity index (χ1n) is 5.76. The quantitative estimate of drug-likeness (QED) is 0.658. The predicted molar refractivity (Wildman–Crippen MR) is 72.7 cm³/mol. The first-order valence-corrected chi connectivity index (χ1v) is 6.14. The van der Waals surface area contributed by atoms with Crippen molar-refractivity contribution in [3.63, 3.8) is 0 Å². The molecular weight excluding hydrogens is 248 g/mol. The minimum atomic E-state index is -0.755. The molecule has 2 nitrogen and oxygen atoms in total. The fraction of sp³-hybridized carbons (Fsp3) is 0.200. The van der Waals surface area contributed by atoms with E-state index in [1.54, 1.807) is 0 Å². The molecule has 1 atom stereocenters. The van der Waals surface area contributed by atoms with E-state index in [1.165, 1.54) is 0 Å². The van der Waals surface area contributed by atoms with E-state index in [1.807, 2.05) is 61.5 Å². The van der Waals surface area contributed by atoms with Crippen LogP contribution in [0.2, 0.25) is 5.02 Å². The van der Waals surface area contributed by atoms with Crippen molar-refractivity contribution < 1.29 is 10.1 Å². The summed E-state index contributed by atoms with van der Waals surface area (Å²) in [6.45, 7) is 1.86. The molecule has 1 unspecified atom stereocenters. The zero-order valence-corrected chi connectivity index (χ0v) is 10.9. The minimum Gasteiger partial charge on any atom is -0.251 e. The lowest BCUT2D eigenvalue weighted by Gasteiger charge is -2.26. The van der Waals surface area contributed by atoms with Crippen molar-refractivity contribution in [2.75, 3.05) is 0 Å². The van der Waals surface area contributed by atoms with E-state index in [-0.39, 0.29) is 0 Å². The van der Waals surface area contributed by atoms with Crippen LogP contribution in [0.25, 0.3) is 0 Å². The van der Waals surface area contributed by atoms with Crippen molar-refractivity contribution in [1.82, 2.24) is 0 Å². The van der Waals surface area contributed by atoms with Crippen LogP contribution in [-0.2, 0) is 16.9 Å². The standard InChI is InChI=1S/C15H15ClO2/c1-15(18-17,13-5-3-2-4-6-13)11-12-7-9-14(16)10-8-12/h2-10,17H,11H2,1H3. The fourth-order valence-electron chi connectivity index (χ4n) is 1.97. The van der Waals surface area contributed by atoms with Crippen molar-refractivity contribution in [3.05, 3.63) is 70.7 Å². The summed E-state index contributed by atoms with van der Waals surface area (Å²) in [6, 6.07) is 17.2. The summed E-state index contributed by atoms with van der Waals surface area (Å²) in [5, 5.41) is 9.93. The Morgan fingerprint density at radius 3 is 2.22 bits per heavy atom. The van der Waals surface area contributed by atoms with Gasteiger partial charge in [-0.3, -0.25) is 5.26 Å². The van der Waals surface area contributed by atoms with Gasteiger partial charge in [-0.05, 0) is 30.2 Å². The second-order valence-electron chi connectivity index (χ2n) is 4.49. The molecule has 0 fully saturated rings. The molecular formula is C15H15ClO2. The molecule has 0 radical (unpaired) electrons. The topological polar surface area (TPSA) is 29.5 Å². The van der Waals surface area contributed by atoms with Crippen LogP contribution in [0.4, 0.5) is 0 Å². The summed E-state index contributed by atoms with van der Waals surface area (Å²) < 4.78 is 0. The normalized spacial score (nSPS) is 14.2. The molecule has 0 spiro atoms. The molecule has 0 saturated heterocycles. The van der Waals surface area contributed by atoms with Gasteiger partial charge in [-0.15, -0.1) is 0 Å².